The summed E-state index contributed by atoms with van der Waals surface area (Å²) in [6.45, 7) is 1.38. The zero-order valence-electron chi connectivity index (χ0n) is 21.1. The second-order valence-electron chi connectivity index (χ2n) is 9.73. The predicted molar refractivity (Wildman–Crippen MR) is 138 cm³/mol. The third-order valence-electron chi connectivity index (χ3n) is 6.93. The number of H-pyrrole nitrogens is 1. The van der Waals surface area contributed by atoms with Crippen molar-refractivity contribution in [3.8, 4) is 11.5 Å². The molecule has 0 saturated heterocycles. The summed E-state index contributed by atoms with van der Waals surface area (Å²) in [4.78, 5) is 19.9. The number of nitrogens with zero attached hydrogens (tertiary/aromatic N) is 1. The van der Waals surface area contributed by atoms with Crippen LogP contribution in [-0.4, -0.2) is 40.5 Å². The summed E-state index contributed by atoms with van der Waals surface area (Å²) in [5.41, 5.74) is 0.256. The molecular weight excluding hydrogens is 516 g/mol. The molecule has 5 rings (SSSR count). The largest absolute Gasteiger partial charge is 0.490 e. The Morgan fingerprint density at radius 2 is 1.92 bits per heavy atom. The minimum Gasteiger partial charge on any atom is -0.490 e. The fourth-order valence-corrected chi connectivity index (χ4v) is 4.98. The average molecular weight is 545 g/mol. The lowest BCUT2D eigenvalue weighted by atomic mass is 9.87. The maximum Gasteiger partial charge on any atom is 0.416 e. The van der Waals surface area contributed by atoms with Crippen LogP contribution in [0.3, 0.4) is 0 Å². The lowest BCUT2D eigenvalue weighted by Gasteiger charge is -2.33. The van der Waals surface area contributed by atoms with E-state index in [-0.39, 0.29) is 12.2 Å². The molecule has 0 aliphatic heterocycles. The van der Waals surface area contributed by atoms with Crippen LogP contribution in [0.2, 0.25) is 0 Å². The molecule has 7 nitrogen and oxygen atoms in total. The number of benzene rings is 1. The highest BCUT2D eigenvalue weighted by molar-refractivity contribution is 5.89. The molecule has 0 bridgehead atoms. The van der Waals surface area contributed by atoms with Gasteiger partial charge in [0, 0.05) is 30.4 Å². The van der Waals surface area contributed by atoms with Crippen LogP contribution in [0.15, 0.2) is 72.3 Å². The topological polar surface area (TPSA) is 88.3 Å². The van der Waals surface area contributed by atoms with E-state index < -0.39 is 42.0 Å². The molecule has 39 heavy (non-hydrogen) atoms. The zero-order chi connectivity index (χ0) is 27.6. The Labute approximate surface area is 222 Å². The van der Waals surface area contributed by atoms with Crippen molar-refractivity contribution < 1.29 is 31.8 Å². The molecule has 1 aromatic carbocycles. The van der Waals surface area contributed by atoms with Crippen LogP contribution in [-0.2, 0) is 4.74 Å². The van der Waals surface area contributed by atoms with E-state index in [1.807, 2.05) is 6.07 Å². The molecule has 2 aliphatic rings. The van der Waals surface area contributed by atoms with Gasteiger partial charge in [-0.15, -0.1) is 0 Å². The number of carbonyl (C=O) groups is 1. The Morgan fingerprint density at radius 3 is 2.67 bits per heavy atom. The summed E-state index contributed by atoms with van der Waals surface area (Å²) in [5, 5.41) is 6.05. The molecule has 1 fully saturated rings. The Kier molecular flexibility index (Phi) is 7.49. The highest BCUT2D eigenvalue weighted by atomic mass is 19.4. The second-order valence-corrected chi connectivity index (χ2v) is 9.73. The fourth-order valence-electron chi connectivity index (χ4n) is 4.98. The van der Waals surface area contributed by atoms with E-state index in [1.165, 1.54) is 19.1 Å². The maximum absolute atomic E-state index is 14.0. The van der Waals surface area contributed by atoms with Gasteiger partial charge in [0.2, 0.25) is 0 Å². The Bertz CT molecular complexity index is 1380. The number of ether oxygens (including phenoxy) is 2. The van der Waals surface area contributed by atoms with Crippen LogP contribution >= 0.6 is 0 Å². The van der Waals surface area contributed by atoms with Gasteiger partial charge >= 0.3 is 12.2 Å². The fraction of sp³-hybridized carbons (Fsp3) is 0.357. The smallest absolute Gasteiger partial charge is 0.416 e. The molecule has 0 radical (unpaired) electrons. The van der Waals surface area contributed by atoms with Crippen molar-refractivity contribution in [1.29, 1.82) is 0 Å². The van der Waals surface area contributed by atoms with E-state index in [4.69, 9.17) is 9.47 Å². The van der Waals surface area contributed by atoms with Crippen LogP contribution in [0.4, 0.5) is 28.0 Å². The molecule has 206 valence electrons. The summed E-state index contributed by atoms with van der Waals surface area (Å²) in [5.74, 6) is -0.276. The normalized spacial score (nSPS) is 23.5. The van der Waals surface area contributed by atoms with Gasteiger partial charge in [0.25, 0.3) is 0 Å². The third-order valence-corrected chi connectivity index (χ3v) is 6.93. The van der Waals surface area contributed by atoms with E-state index in [0.29, 0.717) is 42.1 Å². The lowest BCUT2D eigenvalue weighted by molar-refractivity contribution is -0.105. The summed E-state index contributed by atoms with van der Waals surface area (Å²) < 4.78 is 67.3. The van der Waals surface area contributed by atoms with Crippen molar-refractivity contribution in [2.75, 3.05) is 5.32 Å². The van der Waals surface area contributed by atoms with E-state index in [9.17, 15) is 22.4 Å². The number of fused-ring (bicyclic) bond motifs is 1. The van der Waals surface area contributed by atoms with Gasteiger partial charge in [-0.3, -0.25) is 0 Å². The van der Waals surface area contributed by atoms with Crippen molar-refractivity contribution in [3.63, 3.8) is 0 Å². The Hall–Kier alpha value is -4.02. The molecule has 11 heteroatoms. The first-order chi connectivity index (χ1) is 18.7. The monoisotopic (exact) mass is 544 g/mol. The summed E-state index contributed by atoms with van der Waals surface area (Å²) in [7, 11) is 0. The van der Waals surface area contributed by atoms with Crippen LogP contribution in [0, 0.1) is 5.92 Å². The molecule has 2 aromatic heterocycles. The van der Waals surface area contributed by atoms with Gasteiger partial charge in [-0.2, -0.15) is 13.2 Å². The van der Waals surface area contributed by atoms with E-state index in [1.54, 1.807) is 42.7 Å². The van der Waals surface area contributed by atoms with Crippen molar-refractivity contribution >= 4 is 22.8 Å². The number of urea groups is 1. The molecule has 3 aromatic rings. The molecule has 1 saturated carbocycles. The molecule has 4 unspecified atom stereocenters. The number of aromatic nitrogens is 2. The SMILES string of the molecule is CC1C(C(F)(F)F)=C(OC2CCCC(F)C2)C=CC1NC(=O)Nc1ccc(Oc2ccnc3[nH]ccc23)cc1. The van der Waals surface area contributed by atoms with E-state index in [0.717, 1.165) is 5.39 Å². The molecule has 2 aliphatic carbocycles. The molecule has 2 heterocycles. The predicted octanol–water partition coefficient (Wildman–Crippen LogP) is 7.16. The number of hydrogen-bond acceptors (Lipinski definition) is 4. The number of carbonyl (C=O) groups excluding carboxylic acids is 1. The molecule has 0 spiro atoms. The average Bonchev–Trinajstić information content (AvgIpc) is 3.36. The summed E-state index contributed by atoms with van der Waals surface area (Å²) in [6.07, 6.45) is 1.27. The molecule has 3 N–H and O–H groups in total. The van der Waals surface area contributed by atoms with Gasteiger partial charge in [-0.05, 0) is 61.7 Å². The molecular formula is C28H28F4N4O3. The van der Waals surface area contributed by atoms with E-state index in [2.05, 4.69) is 20.6 Å². The summed E-state index contributed by atoms with van der Waals surface area (Å²) >= 11 is 0. The Morgan fingerprint density at radius 1 is 1.13 bits per heavy atom. The number of halogens is 4. The quantitative estimate of drug-likeness (QED) is 0.287. The highest BCUT2D eigenvalue weighted by Crippen LogP contribution is 2.40. The highest BCUT2D eigenvalue weighted by Gasteiger charge is 2.44. The van der Waals surface area contributed by atoms with Gasteiger partial charge < -0.3 is 25.1 Å². The number of amides is 2. The van der Waals surface area contributed by atoms with Gasteiger partial charge in [-0.25, -0.2) is 14.2 Å². The Balaban J connectivity index is 1.21. The van der Waals surface area contributed by atoms with Crippen molar-refractivity contribution in [2.45, 2.75) is 57.1 Å². The molecule has 2 amide bonds. The first-order valence-electron chi connectivity index (χ1n) is 12.7. The molecule has 4 atom stereocenters. The lowest BCUT2D eigenvalue weighted by Crippen LogP contribution is -2.44. The standard InChI is InChI=1S/C28H28F4N4O3/c1-16-22(9-10-24(25(16)28(30,31)32)39-20-4-2-3-17(29)15-20)36-27(37)35-18-5-7-19(8-6-18)38-23-12-14-34-26-21(23)11-13-33-26/h5-14,16-17,20,22H,2-4,15H2,1H3,(H,33,34)(H2,35,36,37). The maximum atomic E-state index is 14.0. The minimum absolute atomic E-state index is 0.0732. The number of aromatic amines is 1. The van der Waals surface area contributed by atoms with Gasteiger partial charge in [-0.1, -0.05) is 13.0 Å². The van der Waals surface area contributed by atoms with Gasteiger partial charge in [0.15, 0.2) is 0 Å². The van der Waals surface area contributed by atoms with Crippen molar-refractivity contribution in [3.05, 3.63) is 72.3 Å². The number of alkyl halides is 4. The van der Waals surface area contributed by atoms with Crippen LogP contribution in [0.25, 0.3) is 11.0 Å². The third kappa shape index (κ3) is 6.18. The first kappa shape index (κ1) is 26.6. The van der Waals surface area contributed by atoms with Crippen LogP contribution in [0.1, 0.15) is 32.6 Å². The van der Waals surface area contributed by atoms with E-state index >= 15 is 0 Å². The van der Waals surface area contributed by atoms with Crippen LogP contribution < -0.4 is 15.4 Å². The van der Waals surface area contributed by atoms with Crippen molar-refractivity contribution in [2.24, 2.45) is 5.92 Å². The number of allylic oxidation sites excluding steroid dienone is 1. The van der Waals surface area contributed by atoms with Gasteiger partial charge in [0.1, 0.15) is 35.2 Å². The number of hydrogen-bond donors (Lipinski definition) is 3. The number of rotatable bonds is 6. The number of anilines is 1. The van der Waals surface area contributed by atoms with Gasteiger partial charge in [0.05, 0.1) is 17.0 Å². The number of nitrogens with one attached hydrogen (secondary N) is 3. The van der Waals surface area contributed by atoms with Crippen molar-refractivity contribution in [1.82, 2.24) is 15.3 Å². The minimum atomic E-state index is -4.67. The van der Waals surface area contributed by atoms with Crippen LogP contribution in [0.5, 0.6) is 11.5 Å². The second kappa shape index (κ2) is 11.0. The first-order valence-corrected chi connectivity index (χ1v) is 12.7. The number of pyridine rings is 1. The summed E-state index contributed by atoms with van der Waals surface area (Å²) in [6, 6.07) is 8.58. The zero-order valence-corrected chi connectivity index (χ0v) is 21.1.